The summed E-state index contributed by atoms with van der Waals surface area (Å²) >= 11 is 1.65. The fourth-order valence-corrected chi connectivity index (χ4v) is 4.21. The van der Waals surface area contributed by atoms with Gasteiger partial charge in [0.2, 0.25) is 0 Å². The molecule has 0 amide bonds. The largest absolute Gasteiger partial charge is 0.396 e. The fraction of sp³-hybridized carbons (Fsp3) is 0.545. The Kier molecular flexibility index (Phi) is 8.33. The van der Waals surface area contributed by atoms with Gasteiger partial charge in [0.25, 0.3) is 0 Å². The molecule has 1 aromatic heterocycles. The average molecular weight is 431 g/mol. The molecule has 0 bridgehead atoms. The first-order chi connectivity index (χ1) is 14.6. The molecule has 1 aliphatic heterocycles. The molecule has 1 fully saturated rings. The number of aromatic nitrogens is 1. The van der Waals surface area contributed by atoms with Crippen LogP contribution in [0.1, 0.15) is 31.0 Å². The molecule has 0 atom stereocenters. The minimum atomic E-state index is 0.312. The van der Waals surface area contributed by atoms with Gasteiger partial charge in [0.1, 0.15) is 0 Å². The molecule has 0 spiro atoms. The standard InChI is InChI=1S/C22H34N6OS/c1-4-23-21(25-14-19-16-30-22(26-19)27(2)3)24-13-17-5-7-20(8-6-17)28-11-9-18(15-29)10-12-28/h5-8,16,18,29H,4,9-15H2,1-3H3,(H2,23,24,25). The summed E-state index contributed by atoms with van der Waals surface area (Å²) in [7, 11) is 4.01. The molecule has 3 rings (SSSR count). The van der Waals surface area contributed by atoms with Crippen LogP contribution in [0.3, 0.4) is 0 Å². The van der Waals surface area contributed by atoms with Gasteiger partial charge in [-0.2, -0.15) is 0 Å². The molecule has 1 saturated heterocycles. The molecule has 7 nitrogen and oxygen atoms in total. The SMILES string of the molecule is CCNC(=NCc1ccc(N2CCC(CO)CC2)cc1)NCc1csc(N(C)C)n1. The molecule has 2 aromatic rings. The van der Waals surface area contributed by atoms with Gasteiger partial charge in [-0.25, -0.2) is 9.98 Å². The summed E-state index contributed by atoms with van der Waals surface area (Å²) in [5, 5.41) is 19.1. The van der Waals surface area contributed by atoms with E-state index in [-0.39, 0.29) is 0 Å². The first-order valence-electron chi connectivity index (χ1n) is 10.7. The molecule has 164 valence electrons. The van der Waals surface area contributed by atoms with Crippen LogP contribution in [0.5, 0.6) is 0 Å². The van der Waals surface area contributed by atoms with E-state index in [9.17, 15) is 5.11 Å². The minimum Gasteiger partial charge on any atom is -0.396 e. The van der Waals surface area contributed by atoms with Gasteiger partial charge < -0.3 is 25.5 Å². The number of nitrogens with one attached hydrogen (secondary N) is 2. The Morgan fingerprint density at radius 1 is 1.23 bits per heavy atom. The number of aliphatic hydroxyl groups is 1. The second-order valence-electron chi connectivity index (χ2n) is 7.84. The van der Waals surface area contributed by atoms with E-state index in [0.717, 1.165) is 49.3 Å². The van der Waals surface area contributed by atoms with E-state index < -0.39 is 0 Å². The highest BCUT2D eigenvalue weighted by molar-refractivity contribution is 7.13. The van der Waals surface area contributed by atoms with Crippen LogP contribution >= 0.6 is 11.3 Å². The molecule has 0 radical (unpaired) electrons. The summed E-state index contributed by atoms with van der Waals surface area (Å²) in [6.45, 7) is 6.51. The summed E-state index contributed by atoms with van der Waals surface area (Å²) < 4.78 is 0. The normalized spacial score (nSPS) is 15.3. The van der Waals surface area contributed by atoms with E-state index in [4.69, 9.17) is 4.99 Å². The average Bonchev–Trinajstić information content (AvgIpc) is 3.26. The Morgan fingerprint density at radius 2 is 1.97 bits per heavy atom. The summed E-state index contributed by atoms with van der Waals surface area (Å²) in [4.78, 5) is 13.8. The number of benzene rings is 1. The van der Waals surface area contributed by atoms with E-state index >= 15 is 0 Å². The van der Waals surface area contributed by atoms with Gasteiger partial charge in [-0.05, 0) is 43.4 Å². The fourth-order valence-electron chi connectivity index (χ4n) is 3.46. The lowest BCUT2D eigenvalue weighted by molar-refractivity contribution is 0.203. The maximum Gasteiger partial charge on any atom is 0.191 e. The highest BCUT2D eigenvalue weighted by Crippen LogP contribution is 2.23. The van der Waals surface area contributed by atoms with Crippen LogP contribution in [0.15, 0.2) is 34.6 Å². The van der Waals surface area contributed by atoms with Crippen LogP contribution < -0.4 is 20.4 Å². The number of nitrogens with zero attached hydrogens (tertiary/aromatic N) is 4. The van der Waals surface area contributed by atoms with Crippen molar-refractivity contribution in [2.24, 2.45) is 10.9 Å². The zero-order valence-corrected chi connectivity index (χ0v) is 19.1. The molecular weight excluding hydrogens is 396 g/mol. The Bertz CT molecular complexity index is 796. The highest BCUT2D eigenvalue weighted by Gasteiger charge is 2.18. The number of rotatable bonds is 8. The molecule has 8 heteroatoms. The number of hydrogen-bond acceptors (Lipinski definition) is 6. The lowest BCUT2D eigenvalue weighted by atomic mass is 9.97. The first-order valence-corrected chi connectivity index (χ1v) is 11.6. The summed E-state index contributed by atoms with van der Waals surface area (Å²) in [5.74, 6) is 1.26. The molecule has 3 N–H and O–H groups in total. The van der Waals surface area contributed by atoms with Crippen molar-refractivity contribution in [1.29, 1.82) is 0 Å². The molecule has 0 saturated carbocycles. The predicted molar refractivity (Wildman–Crippen MR) is 127 cm³/mol. The molecule has 1 aromatic carbocycles. The van der Waals surface area contributed by atoms with Crippen molar-refractivity contribution in [3.63, 3.8) is 0 Å². The number of piperidine rings is 1. The summed E-state index contributed by atoms with van der Waals surface area (Å²) in [6, 6.07) is 8.68. The molecule has 2 heterocycles. The predicted octanol–water partition coefficient (Wildman–Crippen LogP) is 2.67. The van der Waals surface area contributed by atoms with Gasteiger partial charge in [0, 0.05) is 51.4 Å². The van der Waals surface area contributed by atoms with E-state index in [0.29, 0.717) is 25.6 Å². The van der Waals surface area contributed by atoms with Gasteiger partial charge in [-0.15, -0.1) is 11.3 Å². The summed E-state index contributed by atoms with van der Waals surface area (Å²) in [6.07, 6.45) is 2.13. The second kappa shape index (κ2) is 11.2. The molecule has 30 heavy (non-hydrogen) atoms. The highest BCUT2D eigenvalue weighted by atomic mass is 32.1. The van der Waals surface area contributed by atoms with Crippen molar-refractivity contribution in [3.8, 4) is 0 Å². The van der Waals surface area contributed by atoms with E-state index in [1.54, 1.807) is 11.3 Å². The third kappa shape index (κ3) is 6.34. The van der Waals surface area contributed by atoms with Crippen molar-refractivity contribution >= 4 is 28.1 Å². The van der Waals surface area contributed by atoms with Crippen LogP contribution in [0, 0.1) is 5.92 Å². The van der Waals surface area contributed by atoms with Gasteiger partial charge in [-0.1, -0.05) is 12.1 Å². The molecular formula is C22H34N6OS. The van der Waals surface area contributed by atoms with Gasteiger partial charge in [-0.3, -0.25) is 0 Å². The van der Waals surface area contributed by atoms with Crippen molar-refractivity contribution in [2.75, 3.05) is 50.1 Å². The van der Waals surface area contributed by atoms with Crippen molar-refractivity contribution < 1.29 is 5.11 Å². The Hall–Kier alpha value is -2.32. The number of thiazole rings is 1. The van der Waals surface area contributed by atoms with Crippen molar-refractivity contribution in [1.82, 2.24) is 15.6 Å². The van der Waals surface area contributed by atoms with E-state index in [1.807, 2.05) is 19.0 Å². The molecule has 0 aliphatic carbocycles. The van der Waals surface area contributed by atoms with E-state index in [1.165, 1.54) is 11.3 Å². The maximum absolute atomic E-state index is 9.31. The zero-order chi connectivity index (χ0) is 21.3. The van der Waals surface area contributed by atoms with Crippen LogP contribution in [0.4, 0.5) is 10.8 Å². The van der Waals surface area contributed by atoms with Crippen LogP contribution in [0.25, 0.3) is 0 Å². The number of aliphatic hydroxyl groups excluding tert-OH is 1. The van der Waals surface area contributed by atoms with Crippen LogP contribution in [-0.2, 0) is 13.1 Å². The lowest BCUT2D eigenvalue weighted by Gasteiger charge is -2.32. The van der Waals surface area contributed by atoms with Crippen LogP contribution in [0.2, 0.25) is 0 Å². The maximum atomic E-state index is 9.31. The minimum absolute atomic E-state index is 0.312. The quantitative estimate of drug-likeness (QED) is 0.442. The van der Waals surface area contributed by atoms with Gasteiger partial charge in [0.05, 0.1) is 18.8 Å². The number of guanidine groups is 1. The van der Waals surface area contributed by atoms with Gasteiger partial charge in [0.15, 0.2) is 11.1 Å². The Labute approximate surface area is 183 Å². The van der Waals surface area contributed by atoms with E-state index in [2.05, 4.69) is 57.1 Å². The smallest absolute Gasteiger partial charge is 0.191 e. The Morgan fingerprint density at radius 3 is 2.57 bits per heavy atom. The number of anilines is 2. The second-order valence-corrected chi connectivity index (χ2v) is 8.68. The first kappa shape index (κ1) is 22.4. The lowest BCUT2D eigenvalue weighted by Crippen LogP contribution is -2.36. The Balaban J connectivity index is 1.53. The number of aliphatic imine (C=N–C) groups is 1. The molecule has 0 unspecified atom stereocenters. The van der Waals surface area contributed by atoms with Crippen molar-refractivity contribution in [3.05, 3.63) is 40.9 Å². The number of hydrogen-bond donors (Lipinski definition) is 3. The van der Waals surface area contributed by atoms with Gasteiger partial charge >= 0.3 is 0 Å². The third-order valence-electron chi connectivity index (χ3n) is 5.30. The molecule has 1 aliphatic rings. The summed E-state index contributed by atoms with van der Waals surface area (Å²) in [5.41, 5.74) is 3.46. The van der Waals surface area contributed by atoms with Crippen molar-refractivity contribution in [2.45, 2.75) is 32.9 Å². The zero-order valence-electron chi connectivity index (χ0n) is 18.3. The monoisotopic (exact) mass is 430 g/mol. The topological polar surface area (TPSA) is 76.0 Å². The third-order valence-corrected chi connectivity index (χ3v) is 6.35. The van der Waals surface area contributed by atoms with Crippen LogP contribution in [-0.4, -0.2) is 56.4 Å².